The summed E-state index contributed by atoms with van der Waals surface area (Å²) < 4.78 is 5.09. The Morgan fingerprint density at radius 3 is 2.72 bits per heavy atom. The molecule has 104 valence electrons. The Kier molecular flexibility index (Phi) is 5.14. The highest BCUT2D eigenvalue weighted by molar-refractivity contribution is 5.89. The molecule has 1 saturated heterocycles. The van der Waals surface area contributed by atoms with Crippen LogP contribution in [0.2, 0.25) is 0 Å². The van der Waals surface area contributed by atoms with Gasteiger partial charge in [-0.05, 0) is 18.8 Å². The Balaban J connectivity index is 2.63. The third-order valence-corrected chi connectivity index (χ3v) is 3.27. The Hall–Kier alpha value is -1.10. The van der Waals surface area contributed by atoms with Crippen molar-refractivity contribution in [2.75, 3.05) is 26.8 Å². The van der Waals surface area contributed by atoms with E-state index in [4.69, 9.17) is 4.74 Å². The second-order valence-electron chi connectivity index (χ2n) is 5.71. The van der Waals surface area contributed by atoms with Crippen LogP contribution in [0.15, 0.2) is 0 Å². The van der Waals surface area contributed by atoms with Crippen molar-refractivity contribution >= 4 is 11.8 Å². The van der Waals surface area contributed by atoms with Gasteiger partial charge in [-0.1, -0.05) is 13.8 Å². The second-order valence-corrected chi connectivity index (χ2v) is 5.71. The summed E-state index contributed by atoms with van der Waals surface area (Å²) in [5.41, 5.74) is -0.00121. The van der Waals surface area contributed by atoms with E-state index in [1.165, 1.54) is 0 Å². The molecule has 1 rings (SSSR count). The lowest BCUT2D eigenvalue weighted by molar-refractivity contribution is -0.134. The molecular formula is C13H24N2O3. The minimum Gasteiger partial charge on any atom is -0.385 e. The average molecular weight is 256 g/mol. The fourth-order valence-corrected chi connectivity index (χ4v) is 2.13. The largest absolute Gasteiger partial charge is 0.385 e. The molecule has 0 bridgehead atoms. The molecule has 18 heavy (non-hydrogen) atoms. The molecule has 5 heteroatoms. The highest BCUT2D eigenvalue weighted by atomic mass is 16.5. The van der Waals surface area contributed by atoms with Crippen LogP contribution in [-0.2, 0) is 14.3 Å². The highest BCUT2D eigenvalue weighted by Gasteiger charge is 2.30. The van der Waals surface area contributed by atoms with Crippen molar-refractivity contribution in [1.29, 1.82) is 0 Å². The molecule has 1 aliphatic heterocycles. The summed E-state index contributed by atoms with van der Waals surface area (Å²) >= 11 is 0. The quantitative estimate of drug-likeness (QED) is 0.791. The maximum atomic E-state index is 12.1. The molecule has 0 aliphatic carbocycles. The van der Waals surface area contributed by atoms with Gasteiger partial charge in [0.05, 0.1) is 0 Å². The lowest BCUT2D eigenvalue weighted by Gasteiger charge is -2.32. The number of carbonyl (C=O) groups is 2. The number of nitrogens with one attached hydrogen (secondary N) is 1. The fraction of sp³-hybridized carbons (Fsp3) is 0.846. The number of ether oxygens (including phenoxy) is 1. The van der Waals surface area contributed by atoms with E-state index >= 15 is 0 Å². The zero-order valence-electron chi connectivity index (χ0n) is 11.8. The molecule has 0 aromatic heterocycles. The smallest absolute Gasteiger partial charge is 0.244 e. The van der Waals surface area contributed by atoms with Crippen LogP contribution in [0.5, 0.6) is 0 Å². The SMILES string of the molecule is COCCC(C)(C)CN1CCC(=O)NC(C)C1=O. The van der Waals surface area contributed by atoms with Crippen molar-refractivity contribution in [1.82, 2.24) is 10.2 Å². The summed E-state index contributed by atoms with van der Waals surface area (Å²) in [6.45, 7) is 7.82. The first kappa shape index (κ1) is 15.0. The van der Waals surface area contributed by atoms with Gasteiger partial charge in [-0.3, -0.25) is 9.59 Å². The van der Waals surface area contributed by atoms with Gasteiger partial charge in [0.1, 0.15) is 6.04 Å². The van der Waals surface area contributed by atoms with Crippen LogP contribution in [0.3, 0.4) is 0 Å². The van der Waals surface area contributed by atoms with Crippen molar-refractivity contribution in [2.45, 2.75) is 39.7 Å². The number of carbonyl (C=O) groups excluding carboxylic acids is 2. The summed E-state index contributed by atoms with van der Waals surface area (Å²) in [6, 6.07) is -0.418. The number of methoxy groups -OCH3 is 1. The van der Waals surface area contributed by atoms with Crippen LogP contribution in [0.25, 0.3) is 0 Å². The summed E-state index contributed by atoms with van der Waals surface area (Å²) in [6.07, 6.45) is 1.28. The summed E-state index contributed by atoms with van der Waals surface area (Å²) in [5.74, 6) is -0.0422. The molecule has 1 N–H and O–H groups in total. The molecule has 0 spiro atoms. The molecule has 1 heterocycles. The van der Waals surface area contributed by atoms with Crippen molar-refractivity contribution in [3.05, 3.63) is 0 Å². The van der Waals surface area contributed by atoms with Crippen LogP contribution < -0.4 is 5.32 Å². The zero-order chi connectivity index (χ0) is 13.8. The summed E-state index contributed by atoms with van der Waals surface area (Å²) in [4.78, 5) is 25.3. The van der Waals surface area contributed by atoms with E-state index in [2.05, 4.69) is 19.2 Å². The Morgan fingerprint density at radius 2 is 2.11 bits per heavy atom. The molecule has 0 aromatic carbocycles. The van der Waals surface area contributed by atoms with Gasteiger partial charge in [-0.15, -0.1) is 0 Å². The van der Waals surface area contributed by atoms with Crippen molar-refractivity contribution in [3.8, 4) is 0 Å². The molecule has 0 aromatic rings. The lowest BCUT2D eigenvalue weighted by Crippen LogP contribution is -2.46. The van der Waals surface area contributed by atoms with Crippen LogP contribution in [0.1, 0.15) is 33.6 Å². The predicted molar refractivity (Wildman–Crippen MR) is 69.1 cm³/mol. The van der Waals surface area contributed by atoms with Gasteiger partial charge in [0, 0.05) is 33.2 Å². The van der Waals surface area contributed by atoms with Crippen molar-refractivity contribution in [2.24, 2.45) is 5.41 Å². The van der Waals surface area contributed by atoms with E-state index < -0.39 is 6.04 Å². The van der Waals surface area contributed by atoms with Crippen LogP contribution in [-0.4, -0.2) is 49.6 Å². The van der Waals surface area contributed by atoms with E-state index in [1.807, 2.05) is 0 Å². The molecule has 1 unspecified atom stereocenters. The molecule has 1 aliphatic rings. The minimum atomic E-state index is -0.418. The molecule has 1 atom stereocenters. The van der Waals surface area contributed by atoms with Crippen molar-refractivity contribution < 1.29 is 14.3 Å². The number of amides is 2. The maximum absolute atomic E-state index is 12.1. The molecule has 5 nitrogen and oxygen atoms in total. The first-order valence-electron chi connectivity index (χ1n) is 6.43. The third kappa shape index (κ3) is 4.29. The Morgan fingerprint density at radius 1 is 1.44 bits per heavy atom. The van der Waals surface area contributed by atoms with Crippen LogP contribution in [0, 0.1) is 5.41 Å². The van der Waals surface area contributed by atoms with Gasteiger partial charge >= 0.3 is 0 Å². The Labute approximate surface area is 109 Å². The summed E-state index contributed by atoms with van der Waals surface area (Å²) in [7, 11) is 1.68. The van der Waals surface area contributed by atoms with Crippen LogP contribution >= 0.6 is 0 Å². The van der Waals surface area contributed by atoms with E-state index in [-0.39, 0.29) is 17.2 Å². The van der Waals surface area contributed by atoms with Gasteiger partial charge in [0.15, 0.2) is 0 Å². The van der Waals surface area contributed by atoms with E-state index in [1.54, 1.807) is 18.9 Å². The first-order chi connectivity index (χ1) is 8.35. The van der Waals surface area contributed by atoms with E-state index in [0.29, 0.717) is 26.1 Å². The maximum Gasteiger partial charge on any atom is 0.244 e. The predicted octanol–water partition coefficient (Wildman–Crippen LogP) is 0.786. The topological polar surface area (TPSA) is 58.6 Å². The standard InChI is InChI=1S/C13H24N2O3/c1-10-12(17)15(7-5-11(16)14-10)9-13(2,3)6-8-18-4/h10H,5-9H2,1-4H3,(H,14,16). The monoisotopic (exact) mass is 256 g/mol. The van der Waals surface area contributed by atoms with E-state index in [0.717, 1.165) is 6.42 Å². The zero-order valence-corrected chi connectivity index (χ0v) is 11.8. The van der Waals surface area contributed by atoms with Gasteiger partial charge in [-0.2, -0.15) is 0 Å². The number of nitrogens with zero attached hydrogens (tertiary/aromatic N) is 1. The van der Waals surface area contributed by atoms with Gasteiger partial charge in [0.25, 0.3) is 0 Å². The normalized spacial score (nSPS) is 21.8. The fourth-order valence-electron chi connectivity index (χ4n) is 2.13. The van der Waals surface area contributed by atoms with Crippen molar-refractivity contribution in [3.63, 3.8) is 0 Å². The number of hydrogen-bond acceptors (Lipinski definition) is 3. The molecular weight excluding hydrogens is 232 g/mol. The second kappa shape index (κ2) is 6.18. The average Bonchev–Trinajstić information content (AvgIpc) is 2.40. The molecule has 1 fully saturated rings. The molecule has 0 radical (unpaired) electrons. The third-order valence-electron chi connectivity index (χ3n) is 3.27. The molecule has 2 amide bonds. The number of hydrogen-bond donors (Lipinski definition) is 1. The Bertz CT molecular complexity index is 315. The van der Waals surface area contributed by atoms with Gasteiger partial charge < -0.3 is 15.0 Å². The first-order valence-corrected chi connectivity index (χ1v) is 6.43. The molecule has 0 saturated carbocycles. The number of rotatable bonds is 5. The van der Waals surface area contributed by atoms with Gasteiger partial charge in [-0.25, -0.2) is 0 Å². The van der Waals surface area contributed by atoms with E-state index in [9.17, 15) is 9.59 Å². The summed E-state index contributed by atoms with van der Waals surface area (Å²) in [5, 5.41) is 2.70. The minimum absolute atomic E-state index is 0.00121. The highest BCUT2D eigenvalue weighted by Crippen LogP contribution is 2.23. The lowest BCUT2D eigenvalue weighted by atomic mass is 9.89. The van der Waals surface area contributed by atoms with Gasteiger partial charge in [0.2, 0.25) is 11.8 Å². The van der Waals surface area contributed by atoms with Crippen LogP contribution in [0.4, 0.5) is 0 Å².